The van der Waals surface area contributed by atoms with Gasteiger partial charge in [-0.3, -0.25) is 14.6 Å². The van der Waals surface area contributed by atoms with Gasteiger partial charge in [-0.15, -0.1) is 0 Å². The van der Waals surface area contributed by atoms with Crippen molar-refractivity contribution in [2.75, 3.05) is 0 Å². The number of ketones is 2. The first-order chi connectivity index (χ1) is 12.0. The molecule has 0 radical (unpaired) electrons. The Kier molecular flexibility index (Phi) is 3.80. The van der Waals surface area contributed by atoms with Crippen LogP contribution in [0.3, 0.4) is 0 Å². The molecule has 0 N–H and O–H groups in total. The lowest BCUT2D eigenvalue weighted by atomic mass is 9.73. The van der Waals surface area contributed by atoms with Gasteiger partial charge < -0.3 is 0 Å². The van der Waals surface area contributed by atoms with Crippen LogP contribution in [0.1, 0.15) is 41.3 Å². The minimum absolute atomic E-state index is 0.0129. The molecular formula is C21H16BrNO2. The Labute approximate surface area is 154 Å². The van der Waals surface area contributed by atoms with E-state index in [0.717, 1.165) is 27.0 Å². The molecule has 1 aliphatic carbocycles. The van der Waals surface area contributed by atoms with E-state index in [4.69, 9.17) is 0 Å². The highest BCUT2D eigenvalue weighted by molar-refractivity contribution is 9.10. The summed E-state index contributed by atoms with van der Waals surface area (Å²) in [6.45, 7) is 3.46. The summed E-state index contributed by atoms with van der Waals surface area (Å²) in [4.78, 5) is 30.2. The number of benzene rings is 2. The number of rotatable bonds is 2. The lowest BCUT2D eigenvalue weighted by molar-refractivity contribution is -0.119. The molecule has 0 saturated heterocycles. The normalized spacial score (nSPS) is 21.7. The van der Waals surface area contributed by atoms with E-state index in [1.165, 1.54) is 0 Å². The topological polar surface area (TPSA) is 46.5 Å². The quantitative estimate of drug-likeness (QED) is 0.733. The molecular weight excluding hydrogens is 378 g/mol. The van der Waals surface area contributed by atoms with Crippen molar-refractivity contribution in [2.45, 2.75) is 19.8 Å². The van der Waals surface area contributed by atoms with Gasteiger partial charge in [0.25, 0.3) is 0 Å². The second kappa shape index (κ2) is 5.88. The molecule has 0 aromatic heterocycles. The molecule has 4 rings (SSSR count). The number of carbonyl (C=O) groups is 2. The van der Waals surface area contributed by atoms with Crippen molar-refractivity contribution in [2.24, 2.45) is 10.9 Å². The van der Waals surface area contributed by atoms with Crippen molar-refractivity contribution in [3.8, 4) is 0 Å². The van der Waals surface area contributed by atoms with Crippen molar-refractivity contribution in [3.63, 3.8) is 0 Å². The van der Waals surface area contributed by atoms with Crippen molar-refractivity contribution >= 4 is 38.9 Å². The van der Waals surface area contributed by atoms with Crippen molar-refractivity contribution in [1.82, 2.24) is 0 Å². The predicted octanol–water partition coefficient (Wildman–Crippen LogP) is 4.82. The summed E-state index contributed by atoms with van der Waals surface area (Å²) in [5, 5.41) is 0. The van der Waals surface area contributed by atoms with Crippen molar-refractivity contribution in [1.29, 1.82) is 0 Å². The number of nitrogens with zero attached hydrogens (tertiary/aromatic N) is 1. The third kappa shape index (κ3) is 2.44. The van der Waals surface area contributed by atoms with Gasteiger partial charge in [0.2, 0.25) is 0 Å². The van der Waals surface area contributed by atoms with E-state index in [2.05, 4.69) is 20.9 Å². The molecule has 3 nitrogen and oxygen atoms in total. The van der Waals surface area contributed by atoms with Gasteiger partial charge in [0, 0.05) is 32.8 Å². The van der Waals surface area contributed by atoms with Crippen LogP contribution in [0.5, 0.6) is 0 Å². The van der Waals surface area contributed by atoms with Gasteiger partial charge in [-0.25, -0.2) is 0 Å². The smallest absolute Gasteiger partial charge is 0.192 e. The van der Waals surface area contributed by atoms with Gasteiger partial charge in [-0.1, -0.05) is 52.3 Å². The number of aliphatic imine (C=N–C) groups is 1. The molecule has 2 atom stereocenters. The number of carbonyl (C=O) groups excluding carboxylic acids is 2. The van der Waals surface area contributed by atoms with E-state index < -0.39 is 5.92 Å². The zero-order valence-electron chi connectivity index (χ0n) is 13.9. The molecule has 2 aromatic carbocycles. The van der Waals surface area contributed by atoms with Crippen LogP contribution in [0.25, 0.3) is 5.70 Å². The maximum absolute atomic E-state index is 13.1. The molecule has 0 spiro atoms. The van der Waals surface area contributed by atoms with Crippen LogP contribution in [0.2, 0.25) is 0 Å². The molecule has 2 unspecified atom stereocenters. The third-order valence-corrected chi connectivity index (χ3v) is 5.50. The summed E-state index contributed by atoms with van der Waals surface area (Å²) in [5.74, 6) is -0.679. The number of halogens is 1. The largest absolute Gasteiger partial charge is 0.299 e. The number of hydrogen-bond donors (Lipinski definition) is 0. The second-order valence-corrected chi connectivity index (χ2v) is 7.42. The average molecular weight is 394 g/mol. The van der Waals surface area contributed by atoms with Crippen LogP contribution in [0.4, 0.5) is 0 Å². The molecule has 1 aliphatic heterocycles. The highest BCUT2D eigenvalue weighted by Crippen LogP contribution is 2.47. The fraction of sp³-hybridized carbons (Fsp3) is 0.190. The first-order valence-electron chi connectivity index (χ1n) is 8.18. The standard InChI is InChI=1S/C21H16BrNO2/c1-11-17(12(2)24)18(13-7-9-14(22)10-8-13)19-20(23-11)15-5-3-4-6-16(15)21(19)25/h3-10,17-18H,1-2H3. The summed E-state index contributed by atoms with van der Waals surface area (Å²) in [6, 6.07) is 15.4. The van der Waals surface area contributed by atoms with E-state index in [1.807, 2.05) is 55.5 Å². The minimum Gasteiger partial charge on any atom is -0.299 e. The van der Waals surface area contributed by atoms with Crippen molar-refractivity contribution in [3.05, 3.63) is 75.3 Å². The van der Waals surface area contributed by atoms with Crippen LogP contribution in [-0.2, 0) is 4.79 Å². The number of fused-ring (bicyclic) bond motifs is 2. The maximum Gasteiger partial charge on any atom is 0.192 e. The van der Waals surface area contributed by atoms with Crippen LogP contribution < -0.4 is 0 Å². The fourth-order valence-corrected chi connectivity index (χ4v) is 4.17. The summed E-state index contributed by atoms with van der Waals surface area (Å²) < 4.78 is 0.965. The monoisotopic (exact) mass is 393 g/mol. The van der Waals surface area contributed by atoms with E-state index >= 15 is 0 Å². The molecule has 1 heterocycles. The minimum atomic E-state index is -0.404. The van der Waals surface area contributed by atoms with Crippen LogP contribution in [0, 0.1) is 5.92 Å². The van der Waals surface area contributed by atoms with Gasteiger partial charge in [0.1, 0.15) is 5.78 Å². The average Bonchev–Trinajstić information content (AvgIpc) is 2.87. The molecule has 25 heavy (non-hydrogen) atoms. The molecule has 0 bridgehead atoms. The van der Waals surface area contributed by atoms with Gasteiger partial charge >= 0.3 is 0 Å². The van der Waals surface area contributed by atoms with Gasteiger partial charge in [0.05, 0.1) is 11.6 Å². The third-order valence-electron chi connectivity index (χ3n) is 4.98. The SMILES string of the molecule is CC(=O)C1C(C)=NC2=C(C(=O)c3ccccc32)C1c1ccc(Br)cc1. The molecule has 4 heteroatoms. The summed E-state index contributed by atoms with van der Waals surface area (Å²) in [7, 11) is 0. The first kappa shape index (κ1) is 16.2. The summed E-state index contributed by atoms with van der Waals surface area (Å²) in [5.41, 5.74) is 4.65. The lowest BCUT2D eigenvalue weighted by Crippen LogP contribution is -2.32. The lowest BCUT2D eigenvalue weighted by Gasteiger charge is -2.30. The maximum atomic E-state index is 13.1. The van der Waals surface area contributed by atoms with Crippen LogP contribution >= 0.6 is 15.9 Å². The summed E-state index contributed by atoms with van der Waals surface area (Å²) >= 11 is 3.45. The zero-order chi connectivity index (χ0) is 17.7. The van der Waals surface area contributed by atoms with Crippen LogP contribution in [-0.4, -0.2) is 17.3 Å². The van der Waals surface area contributed by atoms with Crippen LogP contribution in [0.15, 0.2) is 63.6 Å². The van der Waals surface area contributed by atoms with E-state index in [1.54, 1.807) is 6.92 Å². The highest BCUT2D eigenvalue weighted by Gasteiger charge is 2.44. The molecule has 0 amide bonds. The summed E-state index contributed by atoms with van der Waals surface area (Å²) in [6.07, 6.45) is 0. The Morgan fingerprint density at radius 2 is 1.68 bits per heavy atom. The fourth-order valence-electron chi connectivity index (χ4n) is 3.91. The van der Waals surface area contributed by atoms with Crippen molar-refractivity contribution < 1.29 is 9.59 Å². The molecule has 0 saturated carbocycles. The van der Waals surface area contributed by atoms with E-state index in [0.29, 0.717) is 11.1 Å². The van der Waals surface area contributed by atoms with E-state index in [-0.39, 0.29) is 17.5 Å². The van der Waals surface area contributed by atoms with Gasteiger partial charge in [-0.2, -0.15) is 0 Å². The Hall–Kier alpha value is -2.33. The van der Waals surface area contributed by atoms with E-state index in [9.17, 15) is 9.59 Å². The number of hydrogen-bond acceptors (Lipinski definition) is 3. The molecule has 0 fully saturated rings. The molecule has 2 aliphatic rings. The first-order valence-corrected chi connectivity index (χ1v) is 8.97. The van der Waals surface area contributed by atoms with Gasteiger partial charge in [-0.05, 0) is 31.5 Å². The predicted molar refractivity (Wildman–Crippen MR) is 102 cm³/mol. The number of Topliss-reactive ketones (excluding diaryl/α,β-unsaturated/α-hetero) is 2. The Bertz CT molecular complexity index is 970. The second-order valence-electron chi connectivity index (χ2n) is 6.51. The Balaban J connectivity index is 1.96. The molecule has 2 aromatic rings. The Morgan fingerprint density at radius 1 is 1.04 bits per heavy atom. The van der Waals surface area contributed by atoms with Gasteiger partial charge in [0.15, 0.2) is 5.78 Å². The zero-order valence-corrected chi connectivity index (χ0v) is 15.5. The number of allylic oxidation sites excluding steroid dienone is 1. The highest BCUT2D eigenvalue weighted by atomic mass is 79.9. The Morgan fingerprint density at radius 3 is 2.32 bits per heavy atom. The molecule has 124 valence electrons.